The third-order valence-electron chi connectivity index (χ3n) is 2.73. The number of anilines is 2. The van der Waals surface area contributed by atoms with Crippen molar-refractivity contribution in [3.05, 3.63) is 23.8 Å². The summed E-state index contributed by atoms with van der Waals surface area (Å²) in [6, 6.07) is 5.95. The van der Waals surface area contributed by atoms with Crippen molar-refractivity contribution in [1.82, 2.24) is 0 Å². The van der Waals surface area contributed by atoms with Crippen molar-refractivity contribution in [3.8, 4) is 0 Å². The summed E-state index contributed by atoms with van der Waals surface area (Å²) in [5.74, 6) is -1.19. The first-order valence-corrected chi connectivity index (χ1v) is 6.46. The number of aliphatic carboxylic acids is 1. The predicted octanol–water partition coefficient (Wildman–Crippen LogP) is 0.848. The highest BCUT2D eigenvalue weighted by molar-refractivity contribution is 5.71. The quantitative estimate of drug-likeness (QED) is 0.597. The van der Waals surface area contributed by atoms with Crippen LogP contribution in [0.15, 0.2) is 18.2 Å². The molecule has 6 nitrogen and oxygen atoms in total. The summed E-state index contributed by atoms with van der Waals surface area (Å²) >= 11 is 0. The second kappa shape index (κ2) is 9.17. The SMILES string of the molecule is CC(O)C(=O)O.CCN(CCO)c1ccc(N)c(C)c1. The van der Waals surface area contributed by atoms with E-state index in [1.807, 2.05) is 19.1 Å². The van der Waals surface area contributed by atoms with Crippen LogP contribution in [-0.2, 0) is 4.79 Å². The van der Waals surface area contributed by atoms with Crippen LogP contribution >= 0.6 is 0 Å². The molecule has 0 saturated heterocycles. The van der Waals surface area contributed by atoms with Gasteiger partial charge in [0.2, 0.25) is 0 Å². The van der Waals surface area contributed by atoms with Crippen LogP contribution in [-0.4, -0.2) is 47.1 Å². The second-order valence-corrected chi connectivity index (χ2v) is 4.36. The highest BCUT2D eigenvalue weighted by Gasteiger charge is 2.04. The van der Waals surface area contributed by atoms with Crippen molar-refractivity contribution in [3.63, 3.8) is 0 Å². The first-order chi connectivity index (χ1) is 9.33. The lowest BCUT2D eigenvalue weighted by atomic mass is 10.1. The number of hydrogen-bond donors (Lipinski definition) is 4. The topological polar surface area (TPSA) is 107 Å². The summed E-state index contributed by atoms with van der Waals surface area (Å²) in [5, 5.41) is 24.7. The second-order valence-electron chi connectivity index (χ2n) is 4.36. The maximum Gasteiger partial charge on any atom is 0.332 e. The number of benzene rings is 1. The summed E-state index contributed by atoms with van der Waals surface area (Å²) in [5.41, 5.74) is 8.75. The molecule has 0 fully saturated rings. The van der Waals surface area contributed by atoms with Gasteiger partial charge >= 0.3 is 5.97 Å². The van der Waals surface area contributed by atoms with Gasteiger partial charge in [-0.15, -0.1) is 0 Å². The van der Waals surface area contributed by atoms with Crippen molar-refractivity contribution >= 4 is 17.3 Å². The standard InChI is InChI=1S/C11H18N2O.C3H6O3/c1-3-13(6-7-14)10-4-5-11(12)9(2)8-10;1-2(4)3(5)6/h4-5,8,14H,3,6-7,12H2,1-2H3;2,4H,1H3,(H,5,6). The Hall–Kier alpha value is -1.79. The molecular weight excluding hydrogens is 260 g/mol. The van der Waals surface area contributed by atoms with E-state index in [9.17, 15) is 4.79 Å². The van der Waals surface area contributed by atoms with Gasteiger partial charge in [0.1, 0.15) is 6.10 Å². The number of carboxylic acids is 1. The van der Waals surface area contributed by atoms with Gasteiger partial charge in [0, 0.05) is 24.5 Å². The summed E-state index contributed by atoms with van der Waals surface area (Å²) in [6.45, 7) is 7.00. The third-order valence-corrected chi connectivity index (χ3v) is 2.73. The first-order valence-electron chi connectivity index (χ1n) is 6.46. The molecule has 0 aliphatic carbocycles. The van der Waals surface area contributed by atoms with Crippen LogP contribution in [0.4, 0.5) is 11.4 Å². The zero-order valence-electron chi connectivity index (χ0n) is 12.2. The molecule has 20 heavy (non-hydrogen) atoms. The molecule has 0 amide bonds. The number of aryl methyl sites for hydroxylation is 1. The van der Waals surface area contributed by atoms with Crippen LogP contribution in [0, 0.1) is 6.92 Å². The van der Waals surface area contributed by atoms with Gasteiger partial charge in [0.15, 0.2) is 0 Å². The molecular formula is C14H24N2O4. The zero-order chi connectivity index (χ0) is 15.7. The van der Waals surface area contributed by atoms with E-state index in [4.69, 9.17) is 21.1 Å². The Balaban J connectivity index is 0.000000511. The Kier molecular flexibility index (Phi) is 8.35. The summed E-state index contributed by atoms with van der Waals surface area (Å²) in [6.07, 6.45) is -1.23. The van der Waals surface area contributed by atoms with Gasteiger partial charge in [0.05, 0.1) is 6.61 Å². The number of carboxylic acid groups (broad SMARTS) is 1. The van der Waals surface area contributed by atoms with E-state index >= 15 is 0 Å². The number of nitrogen functional groups attached to an aromatic ring is 1. The van der Waals surface area contributed by atoms with Crippen molar-refractivity contribution in [2.45, 2.75) is 26.9 Å². The molecule has 0 radical (unpaired) electrons. The smallest absolute Gasteiger partial charge is 0.332 e. The van der Waals surface area contributed by atoms with Crippen LogP contribution < -0.4 is 10.6 Å². The van der Waals surface area contributed by atoms with Gasteiger partial charge in [-0.05, 0) is 44.5 Å². The molecule has 5 N–H and O–H groups in total. The lowest BCUT2D eigenvalue weighted by molar-refractivity contribution is -0.145. The minimum absolute atomic E-state index is 0.178. The number of likely N-dealkylation sites (N-methyl/N-ethyl adjacent to an activating group) is 1. The van der Waals surface area contributed by atoms with Gasteiger partial charge in [-0.3, -0.25) is 0 Å². The zero-order valence-corrected chi connectivity index (χ0v) is 12.2. The van der Waals surface area contributed by atoms with E-state index in [1.165, 1.54) is 6.92 Å². The Bertz CT molecular complexity index is 422. The first kappa shape index (κ1) is 18.2. The molecule has 0 aromatic heterocycles. The number of hydrogen-bond acceptors (Lipinski definition) is 5. The highest BCUT2D eigenvalue weighted by Crippen LogP contribution is 2.19. The lowest BCUT2D eigenvalue weighted by Crippen LogP contribution is -2.26. The fraction of sp³-hybridized carbons (Fsp3) is 0.500. The fourth-order valence-electron chi connectivity index (χ4n) is 1.45. The minimum Gasteiger partial charge on any atom is -0.479 e. The molecule has 1 aromatic rings. The number of aliphatic hydroxyl groups is 2. The number of carbonyl (C=O) groups is 1. The van der Waals surface area contributed by atoms with Gasteiger partial charge in [-0.25, -0.2) is 4.79 Å². The summed E-state index contributed by atoms with van der Waals surface area (Å²) in [7, 11) is 0. The molecule has 0 heterocycles. The molecule has 0 saturated carbocycles. The van der Waals surface area contributed by atoms with Crippen molar-refractivity contribution in [1.29, 1.82) is 0 Å². The molecule has 114 valence electrons. The minimum atomic E-state index is -1.23. The van der Waals surface area contributed by atoms with Crippen molar-refractivity contribution in [2.75, 3.05) is 30.3 Å². The van der Waals surface area contributed by atoms with Crippen LogP contribution in [0.2, 0.25) is 0 Å². The normalized spacial score (nSPS) is 11.2. The molecule has 0 aliphatic rings. The maximum absolute atomic E-state index is 9.45. The maximum atomic E-state index is 9.45. The Labute approximate surface area is 119 Å². The number of aliphatic hydroxyl groups excluding tert-OH is 2. The molecule has 0 spiro atoms. The Morgan fingerprint density at radius 1 is 1.45 bits per heavy atom. The van der Waals surface area contributed by atoms with Crippen LogP contribution in [0.1, 0.15) is 19.4 Å². The highest BCUT2D eigenvalue weighted by atomic mass is 16.4. The molecule has 1 unspecified atom stereocenters. The Morgan fingerprint density at radius 3 is 2.35 bits per heavy atom. The van der Waals surface area contributed by atoms with E-state index in [-0.39, 0.29) is 6.61 Å². The summed E-state index contributed by atoms with van der Waals surface area (Å²) < 4.78 is 0. The van der Waals surface area contributed by atoms with Gasteiger partial charge in [-0.2, -0.15) is 0 Å². The van der Waals surface area contributed by atoms with Crippen molar-refractivity contribution in [2.24, 2.45) is 0 Å². The van der Waals surface area contributed by atoms with Crippen molar-refractivity contribution < 1.29 is 20.1 Å². The van der Waals surface area contributed by atoms with Crippen LogP contribution in [0.5, 0.6) is 0 Å². The molecule has 1 aromatic carbocycles. The third kappa shape index (κ3) is 6.40. The average molecular weight is 284 g/mol. The Morgan fingerprint density at radius 2 is 2.00 bits per heavy atom. The summed E-state index contributed by atoms with van der Waals surface area (Å²) in [4.78, 5) is 11.6. The molecule has 1 atom stereocenters. The largest absolute Gasteiger partial charge is 0.479 e. The van der Waals surface area contributed by atoms with E-state index in [0.717, 1.165) is 23.5 Å². The average Bonchev–Trinajstić information content (AvgIpc) is 2.40. The van der Waals surface area contributed by atoms with Gasteiger partial charge in [-0.1, -0.05) is 0 Å². The monoisotopic (exact) mass is 284 g/mol. The molecule has 0 aliphatic heterocycles. The fourth-order valence-corrected chi connectivity index (χ4v) is 1.45. The van der Waals surface area contributed by atoms with Gasteiger partial charge in [0.25, 0.3) is 0 Å². The van der Waals surface area contributed by atoms with E-state index < -0.39 is 12.1 Å². The van der Waals surface area contributed by atoms with E-state index in [2.05, 4.69) is 17.9 Å². The predicted molar refractivity (Wildman–Crippen MR) is 79.9 cm³/mol. The number of nitrogens with two attached hydrogens (primary N) is 1. The molecule has 1 rings (SSSR count). The molecule has 6 heteroatoms. The van der Waals surface area contributed by atoms with E-state index in [0.29, 0.717) is 6.54 Å². The molecule has 0 bridgehead atoms. The van der Waals surface area contributed by atoms with Crippen LogP contribution in [0.3, 0.4) is 0 Å². The van der Waals surface area contributed by atoms with Gasteiger partial charge < -0.3 is 26.0 Å². The van der Waals surface area contributed by atoms with Crippen LogP contribution in [0.25, 0.3) is 0 Å². The number of nitrogens with zero attached hydrogens (tertiary/aromatic N) is 1. The van der Waals surface area contributed by atoms with E-state index in [1.54, 1.807) is 0 Å². The lowest BCUT2D eigenvalue weighted by Gasteiger charge is -2.22. The number of rotatable bonds is 5.